The first-order chi connectivity index (χ1) is 8.74. The molecule has 1 aromatic rings. The third-order valence-electron chi connectivity index (χ3n) is 3.36. The van der Waals surface area contributed by atoms with Gasteiger partial charge in [0.25, 0.3) is 0 Å². The van der Waals surface area contributed by atoms with Crippen molar-refractivity contribution in [1.29, 1.82) is 0 Å². The van der Waals surface area contributed by atoms with E-state index in [0.717, 1.165) is 24.9 Å². The van der Waals surface area contributed by atoms with Crippen LogP contribution in [0, 0.1) is 0 Å². The number of fused-ring (bicyclic) bond motifs is 3. The van der Waals surface area contributed by atoms with E-state index in [4.69, 9.17) is 4.74 Å². The van der Waals surface area contributed by atoms with Crippen LogP contribution in [0.2, 0.25) is 0 Å². The minimum atomic E-state index is -2.85. The van der Waals surface area contributed by atoms with Crippen molar-refractivity contribution >= 4 is 0 Å². The maximum absolute atomic E-state index is 12.1. The number of hydrogen-bond donors (Lipinski definition) is 1. The molecule has 2 atom stereocenters. The predicted octanol–water partition coefficient (Wildman–Crippen LogP) is 2.01. The zero-order valence-corrected chi connectivity index (χ0v) is 9.73. The molecule has 0 amide bonds. The first-order valence-electron chi connectivity index (χ1n) is 6.03. The van der Waals surface area contributed by atoms with Crippen molar-refractivity contribution in [2.75, 3.05) is 6.54 Å². The van der Waals surface area contributed by atoms with Crippen molar-refractivity contribution in [3.63, 3.8) is 0 Å². The Morgan fingerprint density at radius 2 is 2.33 bits per heavy atom. The normalized spacial score (nSPS) is 26.6. The van der Waals surface area contributed by atoms with E-state index in [9.17, 15) is 8.78 Å². The Balaban J connectivity index is 1.86. The second-order valence-corrected chi connectivity index (χ2v) is 4.49. The number of alkyl halides is 2. The topological polar surface area (TPSA) is 43.4 Å². The predicted molar refractivity (Wildman–Crippen MR) is 59.4 cm³/mol. The number of ether oxygens (including phenoxy) is 2. The molecule has 0 bridgehead atoms. The van der Waals surface area contributed by atoms with Crippen molar-refractivity contribution in [1.82, 2.24) is 10.3 Å². The molecule has 1 saturated heterocycles. The smallest absolute Gasteiger partial charge is 0.388 e. The van der Waals surface area contributed by atoms with E-state index in [1.807, 2.05) is 0 Å². The van der Waals surface area contributed by atoms with Gasteiger partial charge in [0, 0.05) is 6.07 Å². The highest BCUT2D eigenvalue weighted by molar-refractivity contribution is 5.31. The number of nitrogens with zero attached hydrogens (tertiary/aromatic N) is 1. The quantitative estimate of drug-likeness (QED) is 0.879. The lowest BCUT2D eigenvalue weighted by atomic mass is 9.91. The van der Waals surface area contributed by atoms with E-state index in [1.165, 1.54) is 6.07 Å². The highest BCUT2D eigenvalue weighted by Gasteiger charge is 2.33. The Bertz CT molecular complexity index is 442. The Hall–Kier alpha value is -1.27. The number of pyridine rings is 1. The summed E-state index contributed by atoms with van der Waals surface area (Å²) in [5.41, 5.74) is 1.72. The second-order valence-electron chi connectivity index (χ2n) is 4.49. The molecule has 6 heteroatoms. The van der Waals surface area contributed by atoms with Gasteiger partial charge in [0.2, 0.25) is 5.88 Å². The fourth-order valence-corrected chi connectivity index (χ4v) is 2.58. The van der Waals surface area contributed by atoms with Crippen LogP contribution in [0.3, 0.4) is 0 Å². The number of halogens is 2. The van der Waals surface area contributed by atoms with Gasteiger partial charge in [0.05, 0.1) is 24.4 Å². The number of piperidine rings is 1. The van der Waals surface area contributed by atoms with Crippen molar-refractivity contribution in [3.8, 4) is 5.88 Å². The van der Waals surface area contributed by atoms with Gasteiger partial charge in [0.1, 0.15) is 0 Å². The molecule has 2 aliphatic rings. The van der Waals surface area contributed by atoms with Crippen LogP contribution < -0.4 is 10.1 Å². The molecule has 0 saturated carbocycles. The van der Waals surface area contributed by atoms with Gasteiger partial charge in [-0.2, -0.15) is 8.78 Å². The van der Waals surface area contributed by atoms with E-state index in [0.29, 0.717) is 12.3 Å². The van der Waals surface area contributed by atoms with Gasteiger partial charge in [-0.25, -0.2) is 4.98 Å². The van der Waals surface area contributed by atoms with Crippen LogP contribution in [0.15, 0.2) is 12.1 Å². The van der Waals surface area contributed by atoms with E-state index in [2.05, 4.69) is 15.0 Å². The summed E-state index contributed by atoms with van der Waals surface area (Å²) >= 11 is 0. The average Bonchev–Trinajstić information content (AvgIpc) is 2.37. The lowest BCUT2D eigenvalue weighted by Gasteiger charge is -2.37. The largest absolute Gasteiger partial charge is 0.417 e. The van der Waals surface area contributed by atoms with Crippen LogP contribution in [0.1, 0.15) is 30.1 Å². The first-order valence-corrected chi connectivity index (χ1v) is 6.03. The molecule has 1 fully saturated rings. The summed E-state index contributed by atoms with van der Waals surface area (Å²) in [4.78, 5) is 4.08. The van der Waals surface area contributed by atoms with Crippen molar-refractivity contribution in [3.05, 3.63) is 23.4 Å². The standard InChI is InChI=1S/C12H14F2N2O2/c13-12(14)18-10-4-3-7-8(16-10)6-17-9-2-1-5-15-11(7)9/h3-4,9,11-12,15H,1-2,5-6H2/t9-,11-/m0/s1. The number of aromatic nitrogens is 1. The summed E-state index contributed by atoms with van der Waals surface area (Å²) in [6.07, 6.45) is 2.28. The maximum atomic E-state index is 12.1. The monoisotopic (exact) mass is 256 g/mol. The molecule has 0 radical (unpaired) electrons. The molecule has 98 valence electrons. The van der Waals surface area contributed by atoms with Crippen LogP contribution in [0.25, 0.3) is 0 Å². The molecule has 0 aliphatic carbocycles. The Labute approximate surface area is 103 Å². The summed E-state index contributed by atoms with van der Waals surface area (Å²) in [6, 6.07) is 3.41. The van der Waals surface area contributed by atoms with Gasteiger partial charge in [0.15, 0.2) is 0 Å². The van der Waals surface area contributed by atoms with Gasteiger partial charge in [-0.3, -0.25) is 0 Å². The number of nitrogens with one attached hydrogen (secondary N) is 1. The van der Waals surface area contributed by atoms with Gasteiger partial charge in [-0.05, 0) is 24.9 Å². The van der Waals surface area contributed by atoms with Gasteiger partial charge >= 0.3 is 6.61 Å². The molecular formula is C12H14F2N2O2. The highest BCUT2D eigenvalue weighted by atomic mass is 19.3. The highest BCUT2D eigenvalue weighted by Crippen LogP contribution is 2.34. The molecule has 0 unspecified atom stereocenters. The molecule has 1 aromatic heterocycles. The zero-order valence-electron chi connectivity index (χ0n) is 9.73. The van der Waals surface area contributed by atoms with E-state index < -0.39 is 6.61 Å². The van der Waals surface area contributed by atoms with Crippen LogP contribution in [0.5, 0.6) is 5.88 Å². The molecule has 0 aromatic carbocycles. The molecule has 4 nitrogen and oxygen atoms in total. The molecule has 2 aliphatic heterocycles. The Morgan fingerprint density at radius 3 is 3.17 bits per heavy atom. The molecule has 18 heavy (non-hydrogen) atoms. The van der Waals surface area contributed by atoms with E-state index in [-0.39, 0.29) is 18.0 Å². The average molecular weight is 256 g/mol. The second kappa shape index (κ2) is 4.78. The summed E-state index contributed by atoms with van der Waals surface area (Å²) in [7, 11) is 0. The van der Waals surface area contributed by atoms with Crippen LogP contribution in [0.4, 0.5) is 8.78 Å². The third kappa shape index (κ3) is 2.18. The third-order valence-corrected chi connectivity index (χ3v) is 3.36. The SMILES string of the molecule is FC(F)Oc1ccc2c(n1)CO[C@H]1CCCN[C@@H]21. The Kier molecular flexibility index (Phi) is 3.13. The molecule has 0 spiro atoms. The van der Waals surface area contributed by atoms with Crippen molar-refractivity contribution < 1.29 is 18.3 Å². The summed E-state index contributed by atoms with van der Waals surface area (Å²) < 4.78 is 34.2. The summed E-state index contributed by atoms with van der Waals surface area (Å²) in [5, 5.41) is 3.38. The zero-order chi connectivity index (χ0) is 12.5. The van der Waals surface area contributed by atoms with Crippen LogP contribution in [-0.2, 0) is 11.3 Å². The van der Waals surface area contributed by atoms with Crippen molar-refractivity contribution in [2.45, 2.75) is 38.2 Å². The first kappa shape index (κ1) is 11.8. The van der Waals surface area contributed by atoms with Crippen LogP contribution in [-0.4, -0.2) is 24.2 Å². The summed E-state index contributed by atoms with van der Waals surface area (Å²) in [5.74, 6) is -0.0541. The van der Waals surface area contributed by atoms with E-state index in [1.54, 1.807) is 6.07 Å². The molecule has 3 rings (SSSR count). The molecular weight excluding hydrogens is 242 g/mol. The Morgan fingerprint density at radius 1 is 1.44 bits per heavy atom. The fourth-order valence-electron chi connectivity index (χ4n) is 2.58. The number of hydrogen-bond acceptors (Lipinski definition) is 4. The van der Waals surface area contributed by atoms with Gasteiger partial charge in [-0.1, -0.05) is 6.07 Å². The van der Waals surface area contributed by atoms with Crippen molar-refractivity contribution in [2.24, 2.45) is 0 Å². The van der Waals surface area contributed by atoms with Crippen LogP contribution >= 0.6 is 0 Å². The molecule has 3 heterocycles. The summed E-state index contributed by atoms with van der Waals surface area (Å²) in [6.45, 7) is -1.54. The minimum Gasteiger partial charge on any atom is -0.417 e. The lowest BCUT2D eigenvalue weighted by molar-refractivity contribution is -0.0544. The number of rotatable bonds is 2. The fraction of sp³-hybridized carbons (Fsp3) is 0.583. The van der Waals surface area contributed by atoms with Gasteiger partial charge < -0.3 is 14.8 Å². The molecule has 1 N–H and O–H groups in total. The minimum absolute atomic E-state index is 0.0541. The van der Waals surface area contributed by atoms with E-state index >= 15 is 0 Å². The lowest BCUT2D eigenvalue weighted by Crippen LogP contribution is -2.42. The van der Waals surface area contributed by atoms with Gasteiger partial charge in [-0.15, -0.1) is 0 Å². The maximum Gasteiger partial charge on any atom is 0.388 e.